The minimum absolute atomic E-state index is 0.00900. The van der Waals surface area contributed by atoms with E-state index in [0.29, 0.717) is 5.69 Å². The first-order valence-electron chi connectivity index (χ1n) is 9.07. The van der Waals surface area contributed by atoms with E-state index >= 15 is 0 Å². The molecule has 0 saturated heterocycles. The van der Waals surface area contributed by atoms with Gasteiger partial charge in [0.1, 0.15) is 6.54 Å². The quantitative estimate of drug-likeness (QED) is 0.733. The summed E-state index contributed by atoms with van der Waals surface area (Å²) in [7, 11) is 0. The summed E-state index contributed by atoms with van der Waals surface area (Å²) in [6.45, 7) is -0.679. The van der Waals surface area contributed by atoms with Crippen molar-refractivity contribution in [1.82, 2.24) is 10.2 Å². The van der Waals surface area contributed by atoms with Crippen molar-refractivity contribution in [2.45, 2.75) is 38.1 Å². The standard InChI is InChI=1S/C19H23N3O5/c23-16(24)11-20-17(25)15-12-21(13-7-3-1-4-8-13)19(27)22(18(15)26)14-9-5-2-6-10-14/h1,3-4,7-8,14,26H,2,5-6,9-12H2,(H,20,25)(H,23,24). The number of carboxylic acid groups (broad SMARTS) is 1. The smallest absolute Gasteiger partial charge is 0.331 e. The van der Waals surface area contributed by atoms with Crippen molar-refractivity contribution in [3.05, 3.63) is 41.8 Å². The average molecular weight is 373 g/mol. The molecule has 0 spiro atoms. The van der Waals surface area contributed by atoms with E-state index in [1.165, 1.54) is 9.80 Å². The van der Waals surface area contributed by atoms with Crippen LogP contribution in [0.3, 0.4) is 0 Å². The molecule has 1 aliphatic carbocycles. The Kier molecular flexibility index (Phi) is 5.63. The Morgan fingerprint density at radius 2 is 1.78 bits per heavy atom. The van der Waals surface area contributed by atoms with Gasteiger partial charge in [0.15, 0.2) is 0 Å². The number of urea groups is 1. The number of anilines is 1. The molecule has 27 heavy (non-hydrogen) atoms. The van der Waals surface area contributed by atoms with Gasteiger partial charge >= 0.3 is 12.0 Å². The number of para-hydroxylation sites is 1. The molecule has 0 bridgehead atoms. The maximum Gasteiger partial charge on any atom is 0.331 e. The highest BCUT2D eigenvalue weighted by Crippen LogP contribution is 2.31. The lowest BCUT2D eigenvalue weighted by atomic mass is 9.93. The van der Waals surface area contributed by atoms with Crippen LogP contribution in [0.15, 0.2) is 41.8 Å². The van der Waals surface area contributed by atoms with Gasteiger partial charge in [-0.05, 0) is 25.0 Å². The van der Waals surface area contributed by atoms with Crippen LogP contribution in [0.5, 0.6) is 0 Å². The molecule has 8 nitrogen and oxygen atoms in total. The average Bonchev–Trinajstić information content (AvgIpc) is 2.68. The van der Waals surface area contributed by atoms with Gasteiger partial charge in [-0.1, -0.05) is 37.5 Å². The molecular weight excluding hydrogens is 350 g/mol. The third kappa shape index (κ3) is 4.05. The summed E-state index contributed by atoms with van der Waals surface area (Å²) >= 11 is 0. The number of nitrogens with zero attached hydrogens (tertiary/aromatic N) is 2. The van der Waals surface area contributed by atoms with Crippen molar-refractivity contribution in [1.29, 1.82) is 0 Å². The SMILES string of the molecule is O=C(O)CNC(=O)C1=C(O)N(C2CCCCC2)C(=O)N(c2ccccc2)C1. The van der Waals surface area contributed by atoms with E-state index in [9.17, 15) is 19.5 Å². The number of benzene rings is 1. The summed E-state index contributed by atoms with van der Waals surface area (Å²) in [6, 6.07) is 8.36. The summed E-state index contributed by atoms with van der Waals surface area (Å²) in [5.41, 5.74) is 0.602. The Hall–Kier alpha value is -3.03. The molecule has 3 amide bonds. The van der Waals surface area contributed by atoms with Gasteiger partial charge in [-0.25, -0.2) is 4.79 Å². The number of carbonyl (C=O) groups excluding carboxylic acids is 2. The number of aliphatic hydroxyl groups is 1. The first kappa shape index (κ1) is 18.8. The number of amides is 3. The topological polar surface area (TPSA) is 110 Å². The number of carboxylic acids is 1. The van der Waals surface area contributed by atoms with Crippen molar-refractivity contribution in [3.8, 4) is 0 Å². The number of nitrogens with one attached hydrogen (secondary N) is 1. The van der Waals surface area contributed by atoms with E-state index in [1.807, 2.05) is 6.07 Å². The number of aliphatic hydroxyl groups excluding tert-OH is 1. The third-order valence-electron chi connectivity index (χ3n) is 4.93. The van der Waals surface area contributed by atoms with Crippen LogP contribution in [0.2, 0.25) is 0 Å². The molecule has 0 aromatic heterocycles. The Morgan fingerprint density at radius 1 is 1.11 bits per heavy atom. The van der Waals surface area contributed by atoms with Gasteiger partial charge in [-0.3, -0.25) is 19.4 Å². The van der Waals surface area contributed by atoms with E-state index in [1.54, 1.807) is 24.3 Å². The van der Waals surface area contributed by atoms with Crippen molar-refractivity contribution >= 4 is 23.6 Å². The van der Waals surface area contributed by atoms with Crippen molar-refractivity contribution in [2.75, 3.05) is 18.0 Å². The molecule has 1 fully saturated rings. The van der Waals surface area contributed by atoms with Crippen LogP contribution in [0, 0.1) is 0 Å². The van der Waals surface area contributed by atoms with Gasteiger partial charge in [0.2, 0.25) is 5.88 Å². The van der Waals surface area contributed by atoms with E-state index in [-0.39, 0.29) is 30.1 Å². The van der Waals surface area contributed by atoms with Gasteiger partial charge in [-0.2, -0.15) is 0 Å². The largest absolute Gasteiger partial charge is 0.494 e. The van der Waals surface area contributed by atoms with E-state index < -0.39 is 18.4 Å². The molecule has 144 valence electrons. The minimum Gasteiger partial charge on any atom is -0.494 e. The summed E-state index contributed by atoms with van der Waals surface area (Å²) in [5, 5.41) is 21.8. The van der Waals surface area contributed by atoms with Gasteiger partial charge in [-0.15, -0.1) is 0 Å². The Bertz CT molecular complexity index is 756. The lowest BCUT2D eigenvalue weighted by Gasteiger charge is -2.41. The predicted octanol–water partition coefficient (Wildman–Crippen LogP) is 2.23. The van der Waals surface area contributed by atoms with Crippen LogP contribution in [-0.4, -0.2) is 52.2 Å². The fourth-order valence-corrected chi connectivity index (χ4v) is 3.58. The maximum absolute atomic E-state index is 13.1. The number of hydrogen-bond acceptors (Lipinski definition) is 4. The van der Waals surface area contributed by atoms with Crippen LogP contribution in [0.1, 0.15) is 32.1 Å². The van der Waals surface area contributed by atoms with Gasteiger partial charge in [0.05, 0.1) is 12.1 Å². The van der Waals surface area contributed by atoms with E-state index in [0.717, 1.165) is 32.1 Å². The van der Waals surface area contributed by atoms with Crippen LogP contribution >= 0.6 is 0 Å². The van der Waals surface area contributed by atoms with E-state index in [4.69, 9.17) is 5.11 Å². The molecule has 1 aromatic rings. The molecule has 1 aromatic carbocycles. The molecule has 1 aliphatic heterocycles. The van der Waals surface area contributed by atoms with Gasteiger partial charge in [0, 0.05) is 11.7 Å². The highest BCUT2D eigenvalue weighted by molar-refractivity contribution is 6.03. The molecule has 8 heteroatoms. The zero-order valence-electron chi connectivity index (χ0n) is 14.9. The fraction of sp³-hybridized carbons (Fsp3) is 0.421. The summed E-state index contributed by atoms with van der Waals surface area (Å²) in [6.07, 6.45) is 4.49. The summed E-state index contributed by atoms with van der Waals surface area (Å²) in [4.78, 5) is 39.1. The molecule has 2 aliphatic rings. The number of aliphatic carboxylic acids is 1. The fourth-order valence-electron chi connectivity index (χ4n) is 3.58. The molecule has 3 N–H and O–H groups in total. The number of rotatable bonds is 5. The second kappa shape index (κ2) is 8.11. The molecule has 1 saturated carbocycles. The summed E-state index contributed by atoms with van der Waals surface area (Å²) in [5.74, 6) is -2.24. The predicted molar refractivity (Wildman–Crippen MR) is 98.2 cm³/mol. The summed E-state index contributed by atoms with van der Waals surface area (Å²) < 4.78 is 0. The van der Waals surface area contributed by atoms with Crippen LogP contribution in [0.25, 0.3) is 0 Å². The third-order valence-corrected chi connectivity index (χ3v) is 4.93. The first-order chi connectivity index (χ1) is 13.0. The Morgan fingerprint density at radius 3 is 2.41 bits per heavy atom. The lowest BCUT2D eigenvalue weighted by molar-refractivity contribution is -0.137. The number of hydrogen-bond donors (Lipinski definition) is 3. The lowest BCUT2D eigenvalue weighted by Crippen LogP contribution is -2.54. The normalized spacial score (nSPS) is 18.6. The van der Waals surface area contributed by atoms with Crippen LogP contribution in [-0.2, 0) is 9.59 Å². The zero-order valence-corrected chi connectivity index (χ0v) is 14.9. The second-order valence-corrected chi connectivity index (χ2v) is 6.74. The van der Waals surface area contributed by atoms with Gasteiger partial charge in [0.25, 0.3) is 5.91 Å². The van der Waals surface area contributed by atoms with E-state index in [2.05, 4.69) is 5.32 Å². The van der Waals surface area contributed by atoms with Crippen LogP contribution in [0.4, 0.5) is 10.5 Å². The van der Waals surface area contributed by atoms with Crippen molar-refractivity contribution < 1.29 is 24.6 Å². The molecule has 0 unspecified atom stereocenters. The van der Waals surface area contributed by atoms with Crippen LogP contribution < -0.4 is 10.2 Å². The molecule has 0 radical (unpaired) electrons. The molecule has 3 rings (SSSR count). The maximum atomic E-state index is 13.1. The molecule has 0 atom stereocenters. The number of carbonyl (C=O) groups is 3. The van der Waals surface area contributed by atoms with Gasteiger partial charge < -0.3 is 15.5 Å². The first-order valence-corrected chi connectivity index (χ1v) is 9.07. The van der Waals surface area contributed by atoms with Crippen molar-refractivity contribution in [2.24, 2.45) is 0 Å². The highest BCUT2D eigenvalue weighted by Gasteiger charge is 2.40. The second-order valence-electron chi connectivity index (χ2n) is 6.74. The Balaban J connectivity index is 1.95. The monoisotopic (exact) mass is 373 g/mol. The van der Waals surface area contributed by atoms with Crippen molar-refractivity contribution in [3.63, 3.8) is 0 Å². The molecular formula is C19H23N3O5. The molecule has 1 heterocycles. The zero-order chi connectivity index (χ0) is 19.4. The minimum atomic E-state index is -1.18. The highest BCUT2D eigenvalue weighted by atomic mass is 16.4. The Labute approximate surface area is 157 Å².